The molecule has 3 aromatic heterocycles. The Hall–Kier alpha value is -4.27. The van der Waals surface area contributed by atoms with Crippen LogP contribution >= 0.6 is 22.7 Å². The number of allylic oxidation sites excluding steroid dienone is 1. The minimum Gasteiger partial charge on any atom is -0.322 e. The Morgan fingerprint density at radius 3 is 2.50 bits per heavy atom. The molecule has 0 saturated carbocycles. The van der Waals surface area contributed by atoms with Crippen molar-refractivity contribution in [1.82, 2.24) is 9.13 Å². The number of hydrogen-bond donors (Lipinski definition) is 1. The van der Waals surface area contributed by atoms with Gasteiger partial charge in [-0.1, -0.05) is 47.7 Å². The van der Waals surface area contributed by atoms with E-state index in [1.165, 1.54) is 28.2 Å². The van der Waals surface area contributed by atoms with Gasteiger partial charge in [0, 0.05) is 27.6 Å². The molecule has 1 atom stereocenters. The second-order valence-corrected chi connectivity index (χ2v) is 11.9. The van der Waals surface area contributed by atoms with Gasteiger partial charge < -0.3 is 9.88 Å². The molecular weight excluding hydrogens is 537 g/mol. The summed E-state index contributed by atoms with van der Waals surface area (Å²) in [6.45, 7) is 8.07. The summed E-state index contributed by atoms with van der Waals surface area (Å²) in [6, 6.07) is 23.2. The Labute approximate surface area is 239 Å². The highest BCUT2D eigenvalue weighted by atomic mass is 32.1. The maximum Gasteiger partial charge on any atom is 0.271 e. The number of amides is 1. The standard InChI is InChI=1S/C32H28N4O2S2/c1-19-10-8-13-25(16-19)35-20(2)17-23(22(35)4)18-27-31(38)36-29(26-14-9-15-39-26)28(21(3)33-32(36)40-27)30(37)34-24-11-6-5-7-12-24/h5-18,29H,1-4H3,(H,34,37)/b27-18+/t29-/m0/s1. The van der Waals surface area contributed by atoms with Gasteiger partial charge in [-0.25, -0.2) is 4.99 Å². The van der Waals surface area contributed by atoms with Crippen LogP contribution in [0.5, 0.6) is 0 Å². The Balaban J connectivity index is 1.47. The monoisotopic (exact) mass is 564 g/mol. The maximum absolute atomic E-state index is 14.0. The lowest BCUT2D eigenvalue weighted by atomic mass is 10.0. The summed E-state index contributed by atoms with van der Waals surface area (Å²) < 4.78 is 4.47. The number of hydrogen-bond acceptors (Lipinski definition) is 5. The highest BCUT2D eigenvalue weighted by Gasteiger charge is 2.33. The fraction of sp³-hybridized carbons (Fsp3) is 0.156. The number of thiophene rings is 1. The van der Waals surface area contributed by atoms with Gasteiger partial charge in [0.2, 0.25) is 0 Å². The number of aryl methyl sites for hydroxylation is 2. The van der Waals surface area contributed by atoms with E-state index in [-0.39, 0.29) is 11.5 Å². The number of carbonyl (C=O) groups excluding carboxylic acids is 1. The van der Waals surface area contributed by atoms with E-state index < -0.39 is 6.04 Å². The molecule has 1 N–H and O–H groups in total. The molecule has 0 spiro atoms. The molecule has 40 heavy (non-hydrogen) atoms. The average Bonchev–Trinajstić information content (AvgIpc) is 3.63. The summed E-state index contributed by atoms with van der Waals surface area (Å²) in [4.78, 5) is 33.9. The molecule has 1 amide bonds. The number of anilines is 1. The molecule has 4 heterocycles. The molecular formula is C32H28N4O2S2. The fourth-order valence-corrected chi connectivity index (χ4v) is 7.15. The number of carbonyl (C=O) groups is 1. The van der Waals surface area contributed by atoms with Gasteiger partial charge in [0.15, 0.2) is 4.80 Å². The van der Waals surface area contributed by atoms with Gasteiger partial charge in [-0.15, -0.1) is 11.3 Å². The smallest absolute Gasteiger partial charge is 0.271 e. The number of nitrogens with one attached hydrogen (secondary N) is 1. The lowest BCUT2D eigenvalue weighted by Gasteiger charge is -2.24. The largest absolute Gasteiger partial charge is 0.322 e. The summed E-state index contributed by atoms with van der Waals surface area (Å²) in [6.07, 6.45) is 1.95. The first-order valence-electron chi connectivity index (χ1n) is 13.0. The topological polar surface area (TPSA) is 68.4 Å². The molecule has 5 aromatic rings. The van der Waals surface area contributed by atoms with Gasteiger partial charge in [0.25, 0.3) is 11.5 Å². The van der Waals surface area contributed by atoms with Crippen molar-refractivity contribution in [1.29, 1.82) is 0 Å². The number of nitrogens with zero attached hydrogens (tertiary/aromatic N) is 3. The SMILES string of the molecule is CC1=C(C(=O)Nc2ccccc2)[C@H](c2cccs2)n2c(s/c(=C/c3cc(C)n(-c4cccc(C)c4)c3C)c2=O)=N1. The van der Waals surface area contributed by atoms with Crippen LogP contribution in [0.1, 0.15) is 40.4 Å². The average molecular weight is 565 g/mol. The fourth-order valence-electron chi connectivity index (χ4n) is 5.29. The van der Waals surface area contributed by atoms with Crippen molar-refractivity contribution < 1.29 is 4.79 Å². The maximum atomic E-state index is 14.0. The molecule has 2 aromatic carbocycles. The zero-order valence-electron chi connectivity index (χ0n) is 22.6. The number of benzene rings is 2. The quantitative estimate of drug-likeness (QED) is 0.300. The van der Waals surface area contributed by atoms with Crippen molar-refractivity contribution in [3.63, 3.8) is 0 Å². The van der Waals surface area contributed by atoms with E-state index in [1.54, 1.807) is 4.57 Å². The first-order chi connectivity index (χ1) is 19.3. The van der Waals surface area contributed by atoms with Gasteiger partial charge >= 0.3 is 0 Å². The van der Waals surface area contributed by atoms with E-state index in [9.17, 15) is 9.59 Å². The molecule has 0 saturated heterocycles. The van der Waals surface area contributed by atoms with E-state index >= 15 is 0 Å². The van der Waals surface area contributed by atoms with Crippen LogP contribution in [0, 0.1) is 20.8 Å². The van der Waals surface area contributed by atoms with Gasteiger partial charge in [0.05, 0.1) is 15.8 Å². The second-order valence-electron chi connectivity index (χ2n) is 9.92. The molecule has 0 aliphatic carbocycles. The zero-order chi connectivity index (χ0) is 28.0. The summed E-state index contributed by atoms with van der Waals surface area (Å²) in [5.41, 5.74) is 7.04. The normalized spacial score (nSPS) is 15.2. The van der Waals surface area contributed by atoms with Crippen molar-refractivity contribution in [3.05, 3.63) is 137 Å². The van der Waals surface area contributed by atoms with Crippen molar-refractivity contribution in [2.24, 2.45) is 4.99 Å². The predicted molar refractivity (Wildman–Crippen MR) is 163 cm³/mol. The second kappa shape index (κ2) is 10.4. The van der Waals surface area contributed by atoms with Crippen LogP contribution in [0.25, 0.3) is 11.8 Å². The summed E-state index contributed by atoms with van der Waals surface area (Å²) in [5, 5.41) is 4.96. The third-order valence-corrected chi connectivity index (χ3v) is 9.04. The van der Waals surface area contributed by atoms with Gasteiger partial charge in [-0.3, -0.25) is 14.2 Å². The highest BCUT2D eigenvalue weighted by Crippen LogP contribution is 2.33. The molecule has 0 radical (unpaired) electrons. The molecule has 6 nitrogen and oxygen atoms in total. The van der Waals surface area contributed by atoms with Crippen molar-refractivity contribution in [2.45, 2.75) is 33.7 Å². The Bertz CT molecular complexity index is 1960. The van der Waals surface area contributed by atoms with Gasteiger partial charge in [0.1, 0.15) is 6.04 Å². The molecule has 8 heteroatoms. The zero-order valence-corrected chi connectivity index (χ0v) is 24.3. The first-order valence-corrected chi connectivity index (χ1v) is 14.7. The summed E-state index contributed by atoms with van der Waals surface area (Å²) in [7, 11) is 0. The van der Waals surface area contributed by atoms with Crippen molar-refractivity contribution in [2.75, 3.05) is 5.32 Å². The molecule has 6 rings (SSSR count). The van der Waals surface area contributed by atoms with Gasteiger partial charge in [-0.05, 0) is 86.7 Å². The van der Waals surface area contributed by atoms with E-state index in [0.717, 1.165) is 27.5 Å². The van der Waals surface area contributed by atoms with Crippen LogP contribution in [0.2, 0.25) is 0 Å². The molecule has 0 bridgehead atoms. The Morgan fingerprint density at radius 1 is 0.975 bits per heavy atom. The third-order valence-electron chi connectivity index (χ3n) is 7.13. The van der Waals surface area contributed by atoms with Crippen molar-refractivity contribution >= 4 is 40.3 Å². The summed E-state index contributed by atoms with van der Waals surface area (Å²) in [5.74, 6) is -0.262. The molecule has 1 aliphatic heterocycles. The molecule has 200 valence electrons. The Morgan fingerprint density at radius 2 is 1.77 bits per heavy atom. The predicted octanol–water partition coefficient (Wildman–Crippen LogP) is 5.65. The number of thiazole rings is 1. The van der Waals surface area contributed by atoms with Gasteiger partial charge in [-0.2, -0.15) is 0 Å². The van der Waals surface area contributed by atoms with Crippen molar-refractivity contribution in [3.8, 4) is 5.69 Å². The van der Waals surface area contributed by atoms with Crippen LogP contribution < -0.4 is 20.2 Å². The van der Waals surface area contributed by atoms with E-state index in [2.05, 4.69) is 61.0 Å². The van der Waals surface area contributed by atoms with E-state index in [1.807, 2.05) is 60.8 Å². The molecule has 0 unspecified atom stereocenters. The lowest BCUT2D eigenvalue weighted by molar-refractivity contribution is -0.113. The van der Waals surface area contributed by atoms with Crippen LogP contribution in [-0.2, 0) is 4.79 Å². The van der Waals surface area contributed by atoms with Crippen LogP contribution in [0.4, 0.5) is 5.69 Å². The minimum absolute atomic E-state index is 0.153. The van der Waals surface area contributed by atoms with Crippen LogP contribution in [-0.4, -0.2) is 15.0 Å². The van der Waals surface area contributed by atoms with E-state index in [4.69, 9.17) is 4.99 Å². The number of para-hydroxylation sites is 1. The molecule has 1 aliphatic rings. The number of fused-ring (bicyclic) bond motifs is 1. The van der Waals surface area contributed by atoms with Crippen LogP contribution in [0.3, 0.4) is 0 Å². The summed E-state index contributed by atoms with van der Waals surface area (Å²) >= 11 is 2.89. The first kappa shape index (κ1) is 26.0. The number of aromatic nitrogens is 2. The lowest BCUT2D eigenvalue weighted by Crippen LogP contribution is -2.40. The third kappa shape index (κ3) is 4.59. The van der Waals surface area contributed by atoms with Crippen LogP contribution in [0.15, 0.2) is 99.2 Å². The Kier molecular flexibility index (Phi) is 6.73. The highest BCUT2D eigenvalue weighted by molar-refractivity contribution is 7.10. The van der Waals surface area contributed by atoms with E-state index in [0.29, 0.717) is 26.3 Å². The number of rotatable bonds is 5. The molecule has 0 fully saturated rings. The minimum atomic E-state index is -0.554.